The van der Waals surface area contributed by atoms with Crippen molar-refractivity contribution in [2.45, 2.75) is 18.9 Å². The summed E-state index contributed by atoms with van der Waals surface area (Å²) in [5.41, 5.74) is 0.348. The molecule has 0 aliphatic carbocycles. The van der Waals surface area contributed by atoms with Crippen molar-refractivity contribution >= 4 is 5.82 Å². The molecule has 2 aromatic rings. The molecule has 6 nitrogen and oxygen atoms in total. The molecule has 0 amide bonds. The Kier molecular flexibility index (Phi) is 5.96. The average molecular weight is 342 g/mol. The third-order valence-corrected chi connectivity index (χ3v) is 4.23. The maximum Gasteiger partial charge on any atom is 0.135 e. The highest BCUT2D eigenvalue weighted by atomic mass is 16.5. The largest absolute Gasteiger partial charge is 0.387 e. The Morgan fingerprint density at radius 3 is 2.72 bits per heavy atom. The number of anilines is 1. The van der Waals surface area contributed by atoms with Crippen molar-refractivity contribution in [3.63, 3.8) is 0 Å². The molecule has 2 N–H and O–H groups in total. The monoisotopic (exact) mass is 342 g/mol. The Labute approximate surface area is 148 Å². The first-order chi connectivity index (χ1) is 12.1. The van der Waals surface area contributed by atoms with E-state index in [2.05, 4.69) is 32.3 Å². The minimum atomic E-state index is -0.831. The van der Waals surface area contributed by atoms with E-state index < -0.39 is 5.60 Å². The van der Waals surface area contributed by atoms with E-state index in [9.17, 15) is 5.11 Å². The molecule has 134 valence electrons. The van der Waals surface area contributed by atoms with E-state index in [-0.39, 0.29) is 0 Å². The lowest BCUT2D eigenvalue weighted by Crippen LogP contribution is -2.49. The molecule has 1 unspecified atom stereocenters. The summed E-state index contributed by atoms with van der Waals surface area (Å²) in [6, 6.07) is 12.0. The minimum Gasteiger partial charge on any atom is -0.387 e. The molecule has 0 radical (unpaired) electrons. The fraction of sp³-hybridized carbons (Fsp3) is 0.474. The molecule has 1 aliphatic rings. The number of nitrogens with zero attached hydrogens (tertiary/aromatic N) is 3. The molecule has 0 bridgehead atoms. The second-order valence-electron chi connectivity index (χ2n) is 6.76. The van der Waals surface area contributed by atoms with Crippen molar-refractivity contribution in [3.8, 4) is 0 Å². The van der Waals surface area contributed by atoms with Crippen LogP contribution >= 0.6 is 0 Å². The predicted molar refractivity (Wildman–Crippen MR) is 97.7 cm³/mol. The number of hydrogen-bond acceptors (Lipinski definition) is 6. The smallest absolute Gasteiger partial charge is 0.135 e. The quantitative estimate of drug-likeness (QED) is 0.796. The highest BCUT2D eigenvalue weighted by Gasteiger charge is 2.25. The molecule has 1 atom stereocenters. The molecule has 1 saturated heterocycles. The molecule has 25 heavy (non-hydrogen) atoms. The van der Waals surface area contributed by atoms with E-state index in [0.717, 1.165) is 37.9 Å². The number of nitrogens with one attached hydrogen (secondary N) is 1. The molecule has 3 rings (SSSR count). The molecule has 0 spiro atoms. The third-order valence-electron chi connectivity index (χ3n) is 4.23. The zero-order valence-corrected chi connectivity index (χ0v) is 14.7. The molecular weight excluding hydrogens is 316 g/mol. The highest BCUT2D eigenvalue weighted by molar-refractivity contribution is 5.34. The lowest BCUT2D eigenvalue weighted by atomic mass is 10.1. The first-order valence-electron chi connectivity index (χ1n) is 8.73. The lowest BCUT2D eigenvalue weighted by molar-refractivity contribution is -0.0164. The van der Waals surface area contributed by atoms with Crippen LogP contribution in [0.1, 0.15) is 18.3 Å². The summed E-state index contributed by atoms with van der Waals surface area (Å²) in [6.07, 6.45) is 2.45. The van der Waals surface area contributed by atoms with E-state index in [1.54, 1.807) is 6.20 Å². The zero-order valence-electron chi connectivity index (χ0n) is 14.7. The molecule has 6 heteroatoms. The van der Waals surface area contributed by atoms with Crippen LogP contribution in [0, 0.1) is 0 Å². The van der Waals surface area contributed by atoms with Gasteiger partial charge in [0.2, 0.25) is 0 Å². The van der Waals surface area contributed by atoms with Crippen LogP contribution in [0.3, 0.4) is 0 Å². The zero-order chi connectivity index (χ0) is 17.5. The van der Waals surface area contributed by atoms with Crippen molar-refractivity contribution in [2.24, 2.45) is 0 Å². The summed E-state index contributed by atoms with van der Waals surface area (Å²) in [6.45, 7) is 6.10. The predicted octanol–water partition coefficient (Wildman–Crippen LogP) is 1.56. The maximum absolute atomic E-state index is 10.6. The normalized spacial score (nSPS) is 17.8. The van der Waals surface area contributed by atoms with Gasteiger partial charge in [-0.1, -0.05) is 30.3 Å². The summed E-state index contributed by atoms with van der Waals surface area (Å²) in [5, 5.41) is 13.9. The van der Waals surface area contributed by atoms with E-state index in [0.29, 0.717) is 19.5 Å². The Morgan fingerprint density at radius 2 is 1.96 bits per heavy atom. The number of aliphatic hydroxyl groups is 1. The summed E-state index contributed by atoms with van der Waals surface area (Å²) in [4.78, 5) is 11.1. The van der Waals surface area contributed by atoms with Crippen LogP contribution < -0.4 is 5.32 Å². The fourth-order valence-corrected chi connectivity index (χ4v) is 2.94. The second kappa shape index (κ2) is 8.38. The molecule has 0 saturated carbocycles. The molecule has 1 aromatic carbocycles. The van der Waals surface area contributed by atoms with Crippen LogP contribution in [-0.4, -0.2) is 65.0 Å². The summed E-state index contributed by atoms with van der Waals surface area (Å²) in [7, 11) is 0. The first-order valence-corrected chi connectivity index (χ1v) is 8.73. The fourth-order valence-electron chi connectivity index (χ4n) is 2.94. The van der Waals surface area contributed by atoms with E-state index >= 15 is 0 Å². The van der Waals surface area contributed by atoms with Gasteiger partial charge in [0.05, 0.1) is 18.8 Å². The summed E-state index contributed by atoms with van der Waals surface area (Å²) >= 11 is 0. The van der Waals surface area contributed by atoms with Gasteiger partial charge in [0, 0.05) is 38.8 Å². The van der Waals surface area contributed by atoms with Crippen molar-refractivity contribution in [1.29, 1.82) is 0 Å². The Hall–Kier alpha value is -2.02. The van der Waals surface area contributed by atoms with Crippen LogP contribution in [0.15, 0.2) is 42.6 Å². The van der Waals surface area contributed by atoms with Gasteiger partial charge in [-0.05, 0) is 18.6 Å². The second-order valence-corrected chi connectivity index (χ2v) is 6.76. The van der Waals surface area contributed by atoms with Gasteiger partial charge < -0.3 is 15.2 Å². The number of ether oxygens (including phenoxy) is 1. The summed E-state index contributed by atoms with van der Waals surface area (Å²) in [5.74, 6) is 1.51. The SMILES string of the molecule is CC(O)(CNc1ccnc(Cc2ccccc2)n1)CN1CCOCC1. The summed E-state index contributed by atoms with van der Waals surface area (Å²) < 4.78 is 5.35. The van der Waals surface area contributed by atoms with Gasteiger partial charge in [0.25, 0.3) is 0 Å². The van der Waals surface area contributed by atoms with Crippen LogP contribution in [0.4, 0.5) is 5.82 Å². The van der Waals surface area contributed by atoms with Gasteiger partial charge in [-0.3, -0.25) is 4.90 Å². The molecular formula is C19H26N4O2. The van der Waals surface area contributed by atoms with Crippen molar-refractivity contribution in [2.75, 3.05) is 44.7 Å². The highest BCUT2D eigenvalue weighted by Crippen LogP contribution is 2.12. The number of aromatic nitrogens is 2. The van der Waals surface area contributed by atoms with Gasteiger partial charge >= 0.3 is 0 Å². The number of hydrogen-bond donors (Lipinski definition) is 2. The average Bonchev–Trinajstić information content (AvgIpc) is 2.62. The maximum atomic E-state index is 10.6. The molecule has 1 fully saturated rings. The third kappa shape index (κ3) is 5.77. The number of morpholine rings is 1. The Balaban J connectivity index is 1.54. The van der Waals surface area contributed by atoms with Crippen LogP contribution in [-0.2, 0) is 11.2 Å². The van der Waals surface area contributed by atoms with Gasteiger partial charge in [0.1, 0.15) is 11.6 Å². The van der Waals surface area contributed by atoms with Crippen LogP contribution in [0.2, 0.25) is 0 Å². The lowest BCUT2D eigenvalue weighted by Gasteiger charge is -2.34. The van der Waals surface area contributed by atoms with E-state index in [4.69, 9.17) is 4.74 Å². The van der Waals surface area contributed by atoms with Crippen molar-refractivity contribution < 1.29 is 9.84 Å². The topological polar surface area (TPSA) is 70.5 Å². The Bertz CT molecular complexity index is 657. The van der Waals surface area contributed by atoms with Gasteiger partial charge in [-0.25, -0.2) is 9.97 Å². The van der Waals surface area contributed by atoms with E-state index in [1.807, 2.05) is 31.2 Å². The number of rotatable bonds is 7. The standard InChI is InChI=1S/C19H26N4O2/c1-19(24,15-23-9-11-25-12-10-23)14-21-17-7-8-20-18(22-17)13-16-5-3-2-4-6-16/h2-8,24H,9-15H2,1H3,(H,20,21,22). The van der Waals surface area contributed by atoms with Crippen molar-refractivity contribution in [3.05, 3.63) is 54.0 Å². The van der Waals surface area contributed by atoms with Crippen LogP contribution in [0.25, 0.3) is 0 Å². The van der Waals surface area contributed by atoms with Gasteiger partial charge in [-0.2, -0.15) is 0 Å². The van der Waals surface area contributed by atoms with Gasteiger partial charge in [-0.15, -0.1) is 0 Å². The van der Waals surface area contributed by atoms with Crippen LogP contribution in [0.5, 0.6) is 0 Å². The number of benzene rings is 1. The molecule has 1 aromatic heterocycles. The van der Waals surface area contributed by atoms with E-state index in [1.165, 1.54) is 5.56 Å². The Morgan fingerprint density at radius 1 is 1.20 bits per heavy atom. The first kappa shape index (κ1) is 17.8. The minimum absolute atomic E-state index is 0.437. The molecule has 2 heterocycles. The molecule has 1 aliphatic heterocycles. The van der Waals surface area contributed by atoms with Crippen molar-refractivity contribution in [1.82, 2.24) is 14.9 Å². The number of β-amino-alcohol motifs (C(OH)–C–C–N with tert-alkyl or cyclic N) is 1. The van der Waals surface area contributed by atoms with Gasteiger partial charge in [0.15, 0.2) is 0 Å².